The largest absolute Gasteiger partial charge is 0.486 e. The summed E-state index contributed by atoms with van der Waals surface area (Å²) >= 11 is 3.31. The Hall–Kier alpha value is -1.95. The average Bonchev–Trinajstić information content (AvgIpc) is 2.46. The van der Waals surface area contributed by atoms with E-state index in [9.17, 15) is 13.6 Å². The fourth-order valence-corrected chi connectivity index (χ4v) is 2.15. The van der Waals surface area contributed by atoms with Gasteiger partial charge in [0.25, 0.3) is 0 Å². The fraction of sp³-hybridized carbons (Fsp3) is 0.133. The molecule has 0 unspecified atom stereocenters. The minimum Gasteiger partial charge on any atom is -0.486 e. The Morgan fingerprint density at radius 1 is 1.19 bits per heavy atom. The van der Waals surface area contributed by atoms with Crippen molar-refractivity contribution < 1.29 is 23.0 Å². The molecule has 0 N–H and O–H groups in total. The molecule has 0 amide bonds. The van der Waals surface area contributed by atoms with E-state index in [1.807, 2.05) is 0 Å². The molecule has 3 nitrogen and oxygen atoms in total. The van der Waals surface area contributed by atoms with Gasteiger partial charge in [0.15, 0.2) is 11.6 Å². The van der Waals surface area contributed by atoms with E-state index in [1.54, 1.807) is 18.2 Å². The molecule has 2 aromatic rings. The fourth-order valence-electron chi connectivity index (χ4n) is 1.66. The number of carbonyl (C=O) groups is 1. The highest BCUT2D eigenvalue weighted by Gasteiger charge is 2.10. The molecular weight excluding hydrogens is 346 g/mol. The summed E-state index contributed by atoms with van der Waals surface area (Å²) in [5, 5.41) is 0. The standard InChI is InChI=1S/C15H11BrF2O3/c1-20-15(19)9-2-3-10(12(16)6-9)8-21-14-5-4-11(17)7-13(14)18/h2-7H,8H2,1H3. The van der Waals surface area contributed by atoms with Gasteiger partial charge in [0.05, 0.1) is 12.7 Å². The lowest BCUT2D eigenvalue weighted by atomic mass is 10.1. The molecule has 0 aliphatic heterocycles. The van der Waals surface area contributed by atoms with E-state index in [4.69, 9.17) is 4.74 Å². The number of carbonyl (C=O) groups excluding carboxylic acids is 1. The Balaban J connectivity index is 2.11. The minimum absolute atomic E-state index is 0.0413. The average molecular weight is 357 g/mol. The third-order valence-electron chi connectivity index (χ3n) is 2.75. The molecule has 0 heterocycles. The smallest absolute Gasteiger partial charge is 0.337 e. The van der Waals surface area contributed by atoms with E-state index in [-0.39, 0.29) is 12.4 Å². The van der Waals surface area contributed by atoms with Crippen LogP contribution in [0.5, 0.6) is 5.75 Å². The number of methoxy groups -OCH3 is 1. The number of esters is 1. The van der Waals surface area contributed by atoms with Crippen molar-refractivity contribution in [3.63, 3.8) is 0 Å². The predicted molar refractivity (Wildman–Crippen MR) is 76.2 cm³/mol. The first-order chi connectivity index (χ1) is 10.0. The van der Waals surface area contributed by atoms with Crippen molar-refractivity contribution in [1.29, 1.82) is 0 Å². The molecule has 0 saturated carbocycles. The SMILES string of the molecule is COC(=O)c1ccc(COc2ccc(F)cc2F)c(Br)c1. The maximum Gasteiger partial charge on any atom is 0.337 e. The van der Waals surface area contributed by atoms with Crippen LogP contribution < -0.4 is 4.74 Å². The van der Waals surface area contributed by atoms with Crippen LogP contribution in [0.4, 0.5) is 8.78 Å². The molecule has 0 aromatic heterocycles. The van der Waals surface area contributed by atoms with Crippen molar-refractivity contribution in [1.82, 2.24) is 0 Å². The second-order valence-corrected chi connectivity index (χ2v) is 5.02. The normalized spacial score (nSPS) is 10.3. The van der Waals surface area contributed by atoms with Crippen LogP contribution in [0, 0.1) is 11.6 Å². The van der Waals surface area contributed by atoms with Crippen molar-refractivity contribution in [2.24, 2.45) is 0 Å². The van der Waals surface area contributed by atoms with Crippen molar-refractivity contribution in [2.75, 3.05) is 7.11 Å². The molecular formula is C15H11BrF2O3. The highest BCUT2D eigenvalue weighted by Crippen LogP contribution is 2.23. The van der Waals surface area contributed by atoms with Gasteiger partial charge in [0.2, 0.25) is 0 Å². The summed E-state index contributed by atoms with van der Waals surface area (Å²) in [5.41, 5.74) is 1.10. The van der Waals surface area contributed by atoms with E-state index >= 15 is 0 Å². The van der Waals surface area contributed by atoms with Gasteiger partial charge in [-0.25, -0.2) is 13.6 Å². The molecule has 0 bridgehead atoms. The van der Waals surface area contributed by atoms with Gasteiger partial charge in [-0.3, -0.25) is 0 Å². The second kappa shape index (κ2) is 6.67. The second-order valence-electron chi connectivity index (χ2n) is 4.16. The molecule has 0 saturated heterocycles. The predicted octanol–water partition coefficient (Wildman–Crippen LogP) is 4.09. The molecule has 6 heteroatoms. The lowest BCUT2D eigenvalue weighted by Gasteiger charge is -2.09. The molecule has 0 spiro atoms. The van der Waals surface area contributed by atoms with Gasteiger partial charge in [-0.05, 0) is 24.3 Å². The van der Waals surface area contributed by atoms with Crippen LogP contribution in [0.1, 0.15) is 15.9 Å². The molecule has 0 fully saturated rings. The first-order valence-corrected chi connectivity index (χ1v) is 6.75. The zero-order valence-corrected chi connectivity index (χ0v) is 12.6. The topological polar surface area (TPSA) is 35.5 Å². The number of benzene rings is 2. The van der Waals surface area contributed by atoms with E-state index in [0.29, 0.717) is 15.6 Å². The number of halogens is 3. The van der Waals surface area contributed by atoms with Gasteiger partial charge in [0, 0.05) is 16.1 Å². The monoisotopic (exact) mass is 356 g/mol. The summed E-state index contributed by atoms with van der Waals surface area (Å²) in [7, 11) is 1.30. The summed E-state index contributed by atoms with van der Waals surface area (Å²) in [6, 6.07) is 7.93. The maximum absolute atomic E-state index is 13.4. The molecule has 0 atom stereocenters. The summed E-state index contributed by atoms with van der Waals surface area (Å²) in [4.78, 5) is 11.4. The molecule has 21 heavy (non-hydrogen) atoms. The number of hydrogen-bond acceptors (Lipinski definition) is 3. The van der Waals surface area contributed by atoms with E-state index < -0.39 is 17.6 Å². The van der Waals surface area contributed by atoms with Gasteiger partial charge in [-0.15, -0.1) is 0 Å². The van der Waals surface area contributed by atoms with Crippen molar-refractivity contribution >= 4 is 21.9 Å². The summed E-state index contributed by atoms with van der Waals surface area (Å²) in [6.45, 7) is 0.0740. The number of rotatable bonds is 4. The van der Waals surface area contributed by atoms with E-state index in [0.717, 1.165) is 12.1 Å². The van der Waals surface area contributed by atoms with Crippen LogP contribution >= 0.6 is 15.9 Å². The first kappa shape index (κ1) is 15.4. The Bertz CT molecular complexity index is 674. The molecule has 2 rings (SSSR count). The van der Waals surface area contributed by atoms with E-state index in [1.165, 1.54) is 13.2 Å². The summed E-state index contributed by atoms with van der Waals surface area (Å²) in [5.74, 6) is -1.92. The highest BCUT2D eigenvalue weighted by molar-refractivity contribution is 9.10. The van der Waals surface area contributed by atoms with Crippen LogP contribution in [0.2, 0.25) is 0 Å². The highest BCUT2D eigenvalue weighted by atomic mass is 79.9. The quantitative estimate of drug-likeness (QED) is 0.774. The van der Waals surface area contributed by atoms with Crippen molar-refractivity contribution in [3.8, 4) is 5.75 Å². The van der Waals surface area contributed by atoms with Crippen LogP contribution in [-0.4, -0.2) is 13.1 Å². The van der Waals surface area contributed by atoms with Gasteiger partial charge >= 0.3 is 5.97 Å². The Morgan fingerprint density at radius 2 is 1.95 bits per heavy atom. The van der Waals surface area contributed by atoms with Crippen LogP contribution in [0.3, 0.4) is 0 Å². The van der Waals surface area contributed by atoms with Crippen LogP contribution in [-0.2, 0) is 11.3 Å². The van der Waals surface area contributed by atoms with Crippen LogP contribution in [0.25, 0.3) is 0 Å². The molecule has 2 aromatic carbocycles. The molecule has 0 aliphatic rings. The third kappa shape index (κ3) is 3.78. The molecule has 0 aliphatic carbocycles. The van der Waals surface area contributed by atoms with Gasteiger partial charge in [-0.2, -0.15) is 0 Å². The number of hydrogen-bond donors (Lipinski definition) is 0. The van der Waals surface area contributed by atoms with Gasteiger partial charge in [-0.1, -0.05) is 22.0 Å². The third-order valence-corrected chi connectivity index (χ3v) is 3.49. The van der Waals surface area contributed by atoms with E-state index in [2.05, 4.69) is 20.7 Å². The Morgan fingerprint density at radius 3 is 2.57 bits per heavy atom. The lowest BCUT2D eigenvalue weighted by Crippen LogP contribution is -2.03. The number of ether oxygens (including phenoxy) is 2. The zero-order valence-electron chi connectivity index (χ0n) is 11.0. The van der Waals surface area contributed by atoms with Gasteiger partial charge < -0.3 is 9.47 Å². The summed E-state index contributed by atoms with van der Waals surface area (Å²) < 4.78 is 36.8. The Kier molecular flexibility index (Phi) is 4.90. The Labute approximate surface area is 128 Å². The maximum atomic E-state index is 13.4. The molecule has 0 radical (unpaired) electrons. The summed E-state index contributed by atoms with van der Waals surface area (Å²) in [6.07, 6.45) is 0. The van der Waals surface area contributed by atoms with Crippen LogP contribution in [0.15, 0.2) is 40.9 Å². The van der Waals surface area contributed by atoms with Crippen molar-refractivity contribution in [3.05, 3.63) is 63.6 Å². The van der Waals surface area contributed by atoms with Crippen molar-refractivity contribution in [2.45, 2.75) is 6.61 Å². The minimum atomic E-state index is -0.766. The first-order valence-electron chi connectivity index (χ1n) is 5.96. The van der Waals surface area contributed by atoms with Gasteiger partial charge in [0.1, 0.15) is 12.4 Å². The molecule has 110 valence electrons. The zero-order chi connectivity index (χ0) is 15.4. The lowest BCUT2D eigenvalue weighted by molar-refractivity contribution is 0.0600.